The Kier molecular flexibility index (Phi) is 2.92. The first-order valence-electron chi connectivity index (χ1n) is 7.99. The van der Waals surface area contributed by atoms with Crippen molar-refractivity contribution >= 4 is 0 Å². The SMILES string of the molecule is CN1CCC2(CC1)CN(C1CN(C3CN(C)C3)C1)C2. The van der Waals surface area contributed by atoms with E-state index in [2.05, 4.69) is 33.7 Å². The number of hydrogen-bond acceptors (Lipinski definition) is 4. The Balaban J connectivity index is 1.21. The summed E-state index contributed by atoms with van der Waals surface area (Å²) < 4.78 is 0. The van der Waals surface area contributed by atoms with E-state index in [1.807, 2.05) is 0 Å². The minimum atomic E-state index is 0.712. The quantitative estimate of drug-likeness (QED) is 0.697. The van der Waals surface area contributed by atoms with E-state index >= 15 is 0 Å². The zero-order valence-corrected chi connectivity index (χ0v) is 12.5. The molecule has 4 rings (SSSR count). The van der Waals surface area contributed by atoms with Crippen LogP contribution in [0.1, 0.15) is 12.8 Å². The van der Waals surface area contributed by atoms with Crippen molar-refractivity contribution in [1.29, 1.82) is 0 Å². The van der Waals surface area contributed by atoms with Gasteiger partial charge in [0.05, 0.1) is 0 Å². The van der Waals surface area contributed by atoms with Crippen molar-refractivity contribution in [3.63, 3.8) is 0 Å². The van der Waals surface area contributed by atoms with Crippen LogP contribution in [-0.4, -0.2) is 98.1 Å². The topological polar surface area (TPSA) is 13.0 Å². The molecule has 0 bridgehead atoms. The second-order valence-corrected chi connectivity index (χ2v) is 7.69. The maximum atomic E-state index is 2.77. The van der Waals surface area contributed by atoms with Gasteiger partial charge in [-0.3, -0.25) is 9.80 Å². The first kappa shape index (κ1) is 12.6. The summed E-state index contributed by atoms with van der Waals surface area (Å²) in [4.78, 5) is 10.4. The van der Waals surface area contributed by atoms with E-state index in [1.54, 1.807) is 0 Å². The van der Waals surface area contributed by atoms with Gasteiger partial charge in [0, 0.05) is 51.4 Å². The average Bonchev–Trinajstić information content (AvgIpc) is 2.25. The molecule has 108 valence electrons. The third-order valence-electron chi connectivity index (χ3n) is 6.09. The molecule has 0 amide bonds. The Morgan fingerprint density at radius 1 is 0.737 bits per heavy atom. The van der Waals surface area contributed by atoms with E-state index < -0.39 is 0 Å². The van der Waals surface area contributed by atoms with Gasteiger partial charge in [0.25, 0.3) is 0 Å². The second kappa shape index (κ2) is 4.42. The highest BCUT2D eigenvalue weighted by molar-refractivity contribution is 5.05. The van der Waals surface area contributed by atoms with Gasteiger partial charge < -0.3 is 9.80 Å². The highest BCUT2D eigenvalue weighted by Gasteiger charge is 2.49. The molecule has 0 aliphatic carbocycles. The van der Waals surface area contributed by atoms with Crippen molar-refractivity contribution in [2.75, 3.05) is 66.5 Å². The average molecular weight is 264 g/mol. The van der Waals surface area contributed by atoms with E-state index in [9.17, 15) is 0 Å². The molecule has 4 aliphatic heterocycles. The Morgan fingerprint density at radius 3 is 1.89 bits per heavy atom. The fraction of sp³-hybridized carbons (Fsp3) is 1.00. The summed E-state index contributed by atoms with van der Waals surface area (Å²) in [5.41, 5.74) is 0.712. The predicted molar refractivity (Wildman–Crippen MR) is 77.4 cm³/mol. The molecule has 0 saturated carbocycles. The van der Waals surface area contributed by atoms with Gasteiger partial charge in [0.2, 0.25) is 0 Å². The smallest absolute Gasteiger partial charge is 0.0351 e. The molecule has 19 heavy (non-hydrogen) atoms. The summed E-state index contributed by atoms with van der Waals surface area (Å²) in [6, 6.07) is 1.76. The molecule has 4 aliphatic rings. The Morgan fingerprint density at radius 2 is 1.32 bits per heavy atom. The van der Waals surface area contributed by atoms with Crippen LogP contribution >= 0.6 is 0 Å². The summed E-state index contributed by atoms with van der Waals surface area (Å²) in [7, 11) is 4.50. The molecule has 0 aromatic heterocycles. The summed E-state index contributed by atoms with van der Waals surface area (Å²) in [5.74, 6) is 0. The number of hydrogen-bond donors (Lipinski definition) is 0. The van der Waals surface area contributed by atoms with E-state index in [0.29, 0.717) is 5.41 Å². The summed E-state index contributed by atoms with van der Waals surface area (Å²) in [5, 5.41) is 0. The van der Waals surface area contributed by atoms with Crippen molar-refractivity contribution in [2.24, 2.45) is 5.41 Å². The Labute approximate surface area is 117 Å². The number of likely N-dealkylation sites (N-methyl/N-ethyl adjacent to an activating group) is 1. The fourth-order valence-electron chi connectivity index (χ4n) is 4.40. The van der Waals surface area contributed by atoms with Gasteiger partial charge in [0.1, 0.15) is 0 Å². The van der Waals surface area contributed by atoms with Gasteiger partial charge in [-0.15, -0.1) is 0 Å². The van der Waals surface area contributed by atoms with Crippen LogP contribution in [0.15, 0.2) is 0 Å². The largest absolute Gasteiger partial charge is 0.306 e. The standard InChI is InChI=1S/C15H28N4/c1-16-5-3-15(4-6-16)11-19(12-15)14-9-18(10-14)13-7-17(2)8-13/h13-14H,3-12H2,1-2H3. The van der Waals surface area contributed by atoms with Gasteiger partial charge in [-0.25, -0.2) is 0 Å². The molecule has 4 nitrogen and oxygen atoms in total. The van der Waals surface area contributed by atoms with Crippen molar-refractivity contribution in [2.45, 2.75) is 24.9 Å². The number of likely N-dealkylation sites (tertiary alicyclic amines) is 4. The molecule has 0 aromatic rings. The van der Waals surface area contributed by atoms with Gasteiger partial charge in [-0.05, 0) is 45.4 Å². The number of rotatable bonds is 2. The lowest BCUT2D eigenvalue weighted by molar-refractivity contribution is -0.121. The van der Waals surface area contributed by atoms with Crippen LogP contribution in [0.2, 0.25) is 0 Å². The van der Waals surface area contributed by atoms with Crippen molar-refractivity contribution < 1.29 is 0 Å². The molecule has 0 aromatic carbocycles. The van der Waals surface area contributed by atoms with Crippen LogP contribution < -0.4 is 0 Å². The first-order chi connectivity index (χ1) is 9.13. The molecule has 4 saturated heterocycles. The van der Waals surface area contributed by atoms with Gasteiger partial charge in [0.15, 0.2) is 0 Å². The molecular weight excluding hydrogens is 236 g/mol. The zero-order valence-electron chi connectivity index (χ0n) is 12.5. The fourth-order valence-corrected chi connectivity index (χ4v) is 4.40. The third kappa shape index (κ3) is 2.13. The number of nitrogens with zero attached hydrogens (tertiary/aromatic N) is 4. The van der Waals surface area contributed by atoms with Crippen LogP contribution in [0.3, 0.4) is 0 Å². The van der Waals surface area contributed by atoms with Crippen LogP contribution in [0.4, 0.5) is 0 Å². The molecule has 0 N–H and O–H groups in total. The highest BCUT2D eigenvalue weighted by Crippen LogP contribution is 2.42. The molecule has 0 radical (unpaired) electrons. The lowest BCUT2D eigenvalue weighted by Gasteiger charge is -2.61. The second-order valence-electron chi connectivity index (χ2n) is 7.69. The summed E-state index contributed by atoms with van der Waals surface area (Å²) in [6.45, 7) is 10.7. The van der Waals surface area contributed by atoms with Crippen LogP contribution in [0.25, 0.3) is 0 Å². The monoisotopic (exact) mass is 264 g/mol. The Bertz CT molecular complexity index is 330. The van der Waals surface area contributed by atoms with Gasteiger partial charge in [-0.1, -0.05) is 0 Å². The van der Waals surface area contributed by atoms with Crippen molar-refractivity contribution in [3.05, 3.63) is 0 Å². The Hall–Kier alpha value is -0.160. The minimum absolute atomic E-state index is 0.712. The highest BCUT2D eigenvalue weighted by atomic mass is 15.4. The molecule has 4 heteroatoms. The zero-order chi connectivity index (χ0) is 13.0. The minimum Gasteiger partial charge on any atom is -0.306 e. The maximum absolute atomic E-state index is 2.77. The molecule has 1 spiro atoms. The lowest BCUT2D eigenvalue weighted by atomic mass is 9.71. The van der Waals surface area contributed by atoms with Crippen LogP contribution in [0.5, 0.6) is 0 Å². The molecular formula is C15H28N4. The van der Waals surface area contributed by atoms with Crippen LogP contribution in [0, 0.1) is 5.41 Å². The lowest BCUT2D eigenvalue weighted by Crippen LogP contribution is -2.73. The van der Waals surface area contributed by atoms with E-state index in [0.717, 1.165) is 12.1 Å². The molecule has 4 fully saturated rings. The normalized spacial score (nSPS) is 35.1. The molecule has 4 heterocycles. The molecule has 0 atom stereocenters. The number of piperidine rings is 1. The maximum Gasteiger partial charge on any atom is 0.0351 e. The van der Waals surface area contributed by atoms with E-state index in [-0.39, 0.29) is 0 Å². The van der Waals surface area contributed by atoms with E-state index in [1.165, 1.54) is 65.2 Å². The first-order valence-corrected chi connectivity index (χ1v) is 7.99. The predicted octanol–water partition coefficient (Wildman–Crippen LogP) is 0.0122. The van der Waals surface area contributed by atoms with E-state index in [4.69, 9.17) is 0 Å². The van der Waals surface area contributed by atoms with Crippen molar-refractivity contribution in [1.82, 2.24) is 19.6 Å². The summed E-state index contributed by atoms with van der Waals surface area (Å²) >= 11 is 0. The van der Waals surface area contributed by atoms with Gasteiger partial charge in [-0.2, -0.15) is 0 Å². The summed E-state index contributed by atoms with van der Waals surface area (Å²) in [6.07, 6.45) is 2.87. The molecule has 0 unspecified atom stereocenters. The van der Waals surface area contributed by atoms with Crippen LogP contribution in [-0.2, 0) is 0 Å². The third-order valence-corrected chi connectivity index (χ3v) is 6.09. The van der Waals surface area contributed by atoms with Gasteiger partial charge >= 0.3 is 0 Å². The van der Waals surface area contributed by atoms with Crippen molar-refractivity contribution in [3.8, 4) is 0 Å².